The zero-order valence-electron chi connectivity index (χ0n) is 20.3. The molecule has 4 heteroatoms. The number of hydrogen-bond donors (Lipinski definition) is 1. The van der Waals surface area contributed by atoms with Gasteiger partial charge < -0.3 is 10.3 Å². The maximum Gasteiger partial charge on any atom is 0.254 e. The predicted octanol–water partition coefficient (Wildman–Crippen LogP) is 5.48. The molecule has 3 aromatic rings. The molecule has 1 aliphatic heterocycles. The van der Waals surface area contributed by atoms with E-state index < -0.39 is 0 Å². The number of fused-ring (bicyclic) bond motifs is 1. The first-order chi connectivity index (χ1) is 16.1. The minimum atomic E-state index is 0.144. The second-order valence-corrected chi connectivity index (χ2v) is 9.81. The van der Waals surface area contributed by atoms with Crippen LogP contribution in [0.2, 0.25) is 0 Å². The summed E-state index contributed by atoms with van der Waals surface area (Å²) in [5.74, 6) is 0. The lowest BCUT2D eigenvalue weighted by Crippen LogP contribution is -2.44. The van der Waals surface area contributed by atoms with Crippen LogP contribution in [0.1, 0.15) is 69.1 Å². The molecule has 0 aliphatic carbocycles. The van der Waals surface area contributed by atoms with E-state index in [1.165, 1.54) is 32.2 Å². The molecule has 0 spiro atoms. The Bertz CT molecular complexity index is 1110. The van der Waals surface area contributed by atoms with Crippen molar-refractivity contribution < 1.29 is 0 Å². The fourth-order valence-corrected chi connectivity index (χ4v) is 5.48. The molecule has 0 amide bonds. The Morgan fingerprint density at radius 1 is 0.879 bits per heavy atom. The van der Waals surface area contributed by atoms with Crippen molar-refractivity contribution in [1.82, 2.24) is 9.47 Å². The van der Waals surface area contributed by atoms with Gasteiger partial charge in [0.05, 0.1) is 5.52 Å². The van der Waals surface area contributed by atoms with E-state index >= 15 is 0 Å². The van der Waals surface area contributed by atoms with Crippen molar-refractivity contribution in [2.75, 3.05) is 6.54 Å². The van der Waals surface area contributed by atoms with Gasteiger partial charge in [-0.15, -0.1) is 0 Å². The van der Waals surface area contributed by atoms with E-state index in [1.807, 2.05) is 22.8 Å². The number of aromatic nitrogens is 1. The Morgan fingerprint density at radius 2 is 1.61 bits per heavy atom. The summed E-state index contributed by atoms with van der Waals surface area (Å²) < 4.78 is 2.00. The Morgan fingerprint density at radius 3 is 2.39 bits per heavy atom. The molecule has 4 rings (SSSR count). The normalized spacial score (nSPS) is 19.2. The zero-order valence-corrected chi connectivity index (χ0v) is 20.3. The second kappa shape index (κ2) is 11.1. The molecule has 2 heterocycles. The van der Waals surface area contributed by atoms with Gasteiger partial charge in [-0.05, 0) is 74.7 Å². The van der Waals surface area contributed by atoms with Crippen molar-refractivity contribution in [3.63, 3.8) is 0 Å². The van der Waals surface area contributed by atoms with Gasteiger partial charge >= 0.3 is 0 Å². The molecule has 1 aliphatic rings. The number of para-hydroxylation sites is 1. The SMILES string of the molecule is C[C@@H]1CCC[C@H](C)N1CCCCCn1c(=O)c(Cc2cccc(CN)c2)cc2ccccc21. The number of hydrogen-bond acceptors (Lipinski definition) is 3. The van der Waals surface area contributed by atoms with Crippen molar-refractivity contribution >= 4 is 10.9 Å². The first-order valence-electron chi connectivity index (χ1n) is 12.7. The number of benzene rings is 2. The highest BCUT2D eigenvalue weighted by atomic mass is 16.1. The summed E-state index contributed by atoms with van der Waals surface area (Å²) in [6.45, 7) is 7.22. The highest BCUT2D eigenvalue weighted by Crippen LogP contribution is 2.23. The molecular formula is C29H39N3O. The van der Waals surface area contributed by atoms with E-state index in [0.717, 1.165) is 47.0 Å². The van der Waals surface area contributed by atoms with Crippen LogP contribution in [0.4, 0.5) is 0 Å². The summed E-state index contributed by atoms with van der Waals surface area (Å²) in [5, 5.41) is 1.14. The third-order valence-corrected chi connectivity index (χ3v) is 7.37. The highest BCUT2D eigenvalue weighted by molar-refractivity contribution is 5.79. The molecule has 2 atom stereocenters. The Hall–Kier alpha value is -2.43. The van der Waals surface area contributed by atoms with Crippen molar-refractivity contribution in [3.8, 4) is 0 Å². The van der Waals surface area contributed by atoms with Gasteiger partial charge in [-0.3, -0.25) is 9.69 Å². The highest BCUT2D eigenvalue weighted by Gasteiger charge is 2.23. The minimum Gasteiger partial charge on any atom is -0.326 e. The van der Waals surface area contributed by atoms with Gasteiger partial charge in [-0.1, -0.05) is 55.3 Å². The van der Waals surface area contributed by atoms with E-state index in [1.54, 1.807) is 0 Å². The van der Waals surface area contributed by atoms with Crippen molar-refractivity contribution in [3.05, 3.63) is 81.6 Å². The van der Waals surface area contributed by atoms with Gasteiger partial charge in [0, 0.05) is 37.2 Å². The van der Waals surface area contributed by atoms with Crippen molar-refractivity contribution in [2.45, 2.75) is 84.0 Å². The van der Waals surface area contributed by atoms with Crippen LogP contribution in [0.5, 0.6) is 0 Å². The first-order valence-corrected chi connectivity index (χ1v) is 12.7. The van der Waals surface area contributed by atoms with Crippen LogP contribution in [-0.2, 0) is 19.5 Å². The van der Waals surface area contributed by atoms with E-state index in [4.69, 9.17) is 5.73 Å². The van der Waals surface area contributed by atoms with Gasteiger partial charge in [0.25, 0.3) is 5.56 Å². The second-order valence-electron chi connectivity index (χ2n) is 9.81. The molecule has 2 N–H and O–H groups in total. The van der Waals surface area contributed by atoms with Crippen molar-refractivity contribution in [2.24, 2.45) is 5.73 Å². The van der Waals surface area contributed by atoms with Crippen LogP contribution in [0.25, 0.3) is 10.9 Å². The summed E-state index contributed by atoms with van der Waals surface area (Å²) in [5.41, 5.74) is 10.1. The topological polar surface area (TPSA) is 51.3 Å². The summed E-state index contributed by atoms with van der Waals surface area (Å²) >= 11 is 0. The first kappa shape index (κ1) is 23.7. The fraction of sp³-hybridized carbons (Fsp3) is 0.483. The van der Waals surface area contributed by atoms with Gasteiger partial charge in [0.2, 0.25) is 0 Å². The molecule has 0 unspecified atom stereocenters. The summed E-state index contributed by atoms with van der Waals surface area (Å²) in [7, 11) is 0. The van der Waals surface area contributed by atoms with Crippen LogP contribution in [0.3, 0.4) is 0 Å². The van der Waals surface area contributed by atoms with Gasteiger partial charge in [0.15, 0.2) is 0 Å². The average molecular weight is 446 g/mol. The number of pyridine rings is 1. The Balaban J connectivity index is 1.46. The lowest BCUT2D eigenvalue weighted by molar-refractivity contribution is 0.101. The number of nitrogens with two attached hydrogens (primary N) is 1. The van der Waals surface area contributed by atoms with Crippen LogP contribution in [-0.4, -0.2) is 28.1 Å². The molecule has 1 saturated heterocycles. The predicted molar refractivity (Wildman–Crippen MR) is 139 cm³/mol. The molecule has 0 radical (unpaired) electrons. The van der Waals surface area contributed by atoms with E-state index in [2.05, 4.69) is 55.1 Å². The molecule has 0 saturated carbocycles. The molecule has 1 fully saturated rings. The van der Waals surface area contributed by atoms with Gasteiger partial charge in [-0.25, -0.2) is 0 Å². The Kier molecular flexibility index (Phi) is 8.00. The van der Waals surface area contributed by atoms with Crippen LogP contribution < -0.4 is 11.3 Å². The standard InChI is InChI=1S/C29H39N3O/c1-22-10-8-11-23(2)31(22)16-6-3-7-17-32-28-15-5-4-14-26(28)20-27(29(32)33)19-24-12-9-13-25(18-24)21-30/h4-5,9,12-15,18,20,22-23H,3,6-8,10-11,16-17,19,21,30H2,1-2H3/t22-,23+. The summed E-state index contributed by atoms with van der Waals surface area (Å²) in [4.78, 5) is 16.2. The molecule has 33 heavy (non-hydrogen) atoms. The lowest BCUT2D eigenvalue weighted by atomic mass is 9.97. The van der Waals surface area contributed by atoms with Gasteiger partial charge in [0.1, 0.15) is 0 Å². The largest absolute Gasteiger partial charge is 0.326 e. The third-order valence-electron chi connectivity index (χ3n) is 7.37. The maximum absolute atomic E-state index is 13.5. The number of piperidine rings is 1. The number of rotatable bonds is 9. The number of nitrogens with zero attached hydrogens (tertiary/aromatic N) is 2. The van der Waals surface area contributed by atoms with Crippen molar-refractivity contribution in [1.29, 1.82) is 0 Å². The molecule has 1 aromatic heterocycles. The Labute approximate surface area is 198 Å². The maximum atomic E-state index is 13.5. The van der Waals surface area contributed by atoms with E-state index in [9.17, 15) is 4.79 Å². The molecular weight excluding hydrogens is 406 g/mol. The molecule has 2 aromatic carbocycles. The van der Waals surface area contributed by atoms with Crippen LogP contribution in [0, 0.1) is 0 Å². The zero-order chi connectivity index (χ0) is 23.2. The number of likely N-dealkylation sites (tertiary alicyclic amines) is 1. The minimum absolute atomic E-state index is 0.144. The monoisotopic (exact) mass is 445 g/mol. The number of unbranched alkanes of at least 4 members (excludes halogenated alkanes) is 2. The van der Waals surface area contributed by atoms with E-state index in [-0.39, 0.29) is 5.56 Å². The molecule has 0 bridgehead atoms. The fourth-order valence-electron chi connectivity index (χ4n) is 5.48. The smallest absolute Gasteiger partial charge is 0.254 e. The quantitative estimate of drug-likeness (QED) is 0.444. The average Bonchev–Trinajstić information content (AvgIpc) is 2.82. The summed E-state index contributed by atoms with van der Waals surface area (Å²) in [6.07, 6.45) is 8.04. The lowest BCUT2D eigenvalue weighted by Gasteiger charge is -2.39. The van der Waals surface area contributed by atoms with Crippen LogP contribution >= 0.6 is 0 Å². The number of aryl methyl sites for hydroxylation is 1. The molecule has 4 nitrogen and oxygen atoms in total. The van der Waals surface area contributed by atoms with Crippen LogP contribution in [0.15, 0.2) is 59.4 Å². The third kappa shape index (κ3) is 5.74. The van der Waals surface area contributed by atoms with Gasteiger partial charge in [-0.2, -0.15) is 0 Å². The summed E-state index contributed by atoms with van der Waals surface area (Å²) in [6, 6.07) is 20.0. The van der Waals surface area contributed by atoms with E-state index in [0.29, 0.717) is 25.0 Å². The molecule has 176 valence electrons.